The molecule has 0 saturated carbocycles. The maximum absolute atomic E-state index is 7.00. The van der Waals surface area contributed by atoms with Crippen LogP contribution in [0, 0.1) is 0 Å². The molecule has 1 aliphatic carbocycles. The number of hydrogen-bond acceptors (Lipinski definition) is 5. The number of benzene rings is 7. The van der Waals surface area contributed by atoms with Gasteiger partial charge in [-0.3, -0.25) is 0 Å². The highest BCUT2D eigenvalue weighted by atomic mass is 32.1. The molecule has 3 aromatic heterocycles. The lowest BCUT2D eigenvalue weighted by Crippen LogP contribution is -2.14. The summed E-state index contributed by atoms with van der Waals surface area (Å²) in [7, 11) is 0. The zero-order valence-corrected chi connectivity index (χ0v) is 31.4. The number of para-hydroxylation sites is 2. The topological polar surface area (TPSA) is 52.8 Å². The Bertz CT molecular complexity index is 3240. The number of ether oxygens (including phenoxy) is 1. The second-order valence-corrected chi connectivity index (χ2v) is 15.8. The Labute approximate surface area is 332 Å². The van der Waals surface area contributed by atoms with Crippen molar-refractivity contribution in [2.45, 2.75) is 12.0 Å². The van der Waals surface area contributed by atoms with E-state index < -0.39 is 0 Å². The van der Waals surface area contributed by atoms with E-state index in [4.69, 9.17) is 19.7 Å². The van der Waals surface area contributed by atoms with Crippen LogP contribution in [0.25, 0.3) is 88.1 Å². The smallest absolute Gasteiger partial charge is 0.164 e. The van der Waals surface area contributed by atoms with Gasteiger partial charge in [0.05, 0.1) is 11.2 Å². The molecule has 2 unspecified atom stereocenters. The summed E-state index contributed by atoms with van der Waals surface area (Å²) < 4.78 is 11.9. The van der Waals surface area contributed by atoms with Gasteiger partial charge in [-0.15, -0.1) is 11.3 Å². The van der Waals surface area contributed by atoms with Crippen molar-refractivity contribution in [3.63, 3.8) is 0 Å². The third kappa shape index (κ3) is 5.11. The fraction of sp³-hybridized carbons (Fsp3) is 0.0392. The van der Waals surface area contributed by atoms with Crippen LogP contribution in [0.4, 0.5) is 0 Å². The Morgan fingerprint density at radius 1 is 0.491 bits per heavy atom. The predicted octanol–water partition coefficient (Wildman–Crippen LogP) is 13.1. The second kappa shape index (κ2) is 12.7. The summed E-state index contributed by atoms with van der Waals surface area (Å²) in [6.45, 7) is 0. The highest BCUT2D eigenvalue weighted by molar-refractivity contribution is 7.25. The van der Waals surface area contributed by atoms with Gasteiger partial charge in [0.15, 0.2) is 17.5 Å². The van der Waals surface area contributed by atoms with Gasteiger partial charge in [0, 0.05) is 65.0 Å². The van der Waals surface area contributed by atoms with Gasteiger partial charge >= 0.3 is 0 Å². The Morgan fingerprint density at radius 2 is 1.16 bits per heavy atom. The molecule has 0 radical (unpaired) electrons. The van der Waals surface area contributed by atoms with Crippen LogP contribution in [-0.2, 0) is 0 Å². The predicted molar refractivity (Wildman–Crippen MR) is 233 cm³/mol. The van der Waals surface area contributed by atoms with Crippen LogP contribution in [-0.4, -0.2) is 19.5 Å². The molecule has 1 aliphatic heterocycles. The summed E-state index contributed by atoms with van der Waals surface area (Å²) in [5.41, 5.74) is 10.8. The number of thiophene rings is 1. The number of nitrogens with zero attached hydrogens (tertiary/aromatic N) is 4. The van der Waals surface area contributed by atoms with Gasteiger partial charge in [-0.1, -0.05) is 121 Å². The Hall–Kier alpha value is -7.15. The molecule has 0 amide bonds. The van der Waals surface area contributed by atoms with E-state index in [1.807, 2.05) is 17.4 Å². The van der Waals surface area contributed by atoms with E-state index in [-0.39, 0.29) is 12.0 Å². The number of hydrogen-bond donors (Lipinski definition) is 0. The van der Waals surface area contributed by atoms with Gasteiger partial charge in [0.25, 0.3) is 0 Å². The van der Waals surface area contributed by atoms with E-state index >= 15 is 0 Å². The van der Waals surface area contributed by atoms with Crippen LogP contribution in [0.2, 0.25) is 0 Å². The molecule has 7 aromatic carbocycles. The van der Waals surface area contributed by atoms with Crippen LogP contribution in [0.15, 0.2) is 176 Å². The highest BCUT2D eigenvalue weighted by Crippen LogP contribution is 2.55. The van der Waals surface area contributed by atoms with Crippen LogP contribution >= 0.6 is 11.3 Å². The lowest BCUT2D eigenvalue weighted by atomic mass is 9.83. The van der Waals surface area contributed by atoms with Crippen molar-refractivity contribution in [3.8, 4) is 56.7 Å². The zero-order valence-electron chi connectivity index (χ0n) is 30.6. The van der Waals surface area contributed by atoms with Crippen LogP contribution < -0.4 is 4.74 Å². The van der Waals surface area contributed by atoms with Crippen LogP contribution in [0.3, 0.4) is 0 Å². The molecule has 0 saturated heterocycles. The Morgan fingerprint density at radius 3 is 2.02 bits per heavy atom. The van der Waals surface area contributed by atoms with Crippen molar-refractivity contribution < 1.29 is 4.74 Å². The summed E-state index contributed by atoms with van der Waals surface area (Å²) in [5, 5.41) is 3.65. The molecule has 268 valence electrons. The highest BCUT2D eigenvalue weighted by Gasteiger charge is 2.42. The Kier molecular flexibility index (Phi) is 7.16. The van der Waals surface area contributed by atoms with Crippen molar-refractivity contribution >= 4 is 48.5 Å². The van der Waals surface area contributed by atoms with Gasteiger partial charge < -0.3 is 9.30 Å². The molecule has 6 heteroatoms. The molecular weight excluding hydrogens is 717 g/mol. The molecule has 5 nitrogen and oxygen atoms in total. The van der Waals surface area contributed by atoms with Gasteiger partial charge in [0.2, 0.25) is 0 Å². The minimum atomic E-state index is -0.200. The van der Waals surface area contributed by atoms with Gasteiger partial charge in [-0.05, 0) is 71.8 Å². The first-order chi connectivity index (χ1) is 28.2. The molecule has 2 aliphatic rings. The fourth-order valence-electron chi connectivity index (χ4n) is 8.87. The van der Waals surface area contributed by atoms with Gasteiger partial charge in [-0.25, -0.2) is 15.0 Å². The van der Waals surface area contributed by atoms with E-state index in [1.165, 1.54) is 36.6 Å². The second-order valence-electron chi connectivity index (χ2n) is 14.7. The fourth-order valence-corrected chi connectivity index (χ4v) is 9.96. The summed E-state index contributed by atoms with van der Waals surface area (Å²) >= 11 is 1.81. The monoisotopic (exact) mass is 748 g/mol. The standard InChI is InChI=1S/C51H32N4OS/c1-3-13-31(14-4-1)32-15-11-16-33(29-32)49-52-50(34-25-28-45-40(30-34)36-19-8-10-24-44(36)57-45)54-51(53-49)39-21-12-23-43-46(39)38-26-27-42-47(48(38)56-43)37-20-7-9-22-41(37)55(42)35-17-5-2-6-18-35/h1-30,38,48H. The summed E-state index contributed by atoms with van der Waals surface area (Å²) in [4.78, 5) is 15.8. The minimum Gasteiger partial charge on any atom is -0.484 e. The molecule has 0 N–H and O–H groups in total. The average Bonchev–Trinajstić information content (AvgIpc) is 3.96. The molecule has 0 fully saturated rings. The molecular formula is C51H32N4OS. The quantitative estimate of drug-likeness (QED) is 0.176. The first-order valence-electron chi connectivity index (χ1n) is 19.3. The summed E-state index contributed by atoms with van der Waals surface area (Å²) in [5.74, 6) is 2.72. The Balaban J connectivity index is 1.04. The van der Waals surface area contributed by atoms with Crippen LogP contribution in [0.1, 0.15) is 28.8 Å². The van der Waals surface area contributed by atoms with Crippen molar-refractivity contribution in [1.82, 2.24) is 19.5 Å². The molecule has 2 atom stereocenters. The normalized spacial score (nSPS) is 15.4. The lowest BCUT2D eigenvalue weighted by molar-refractivity contribution is 0.224. The number of rotatable bonds is 5. The van der Waals surface area contributed by atoms with Gasteiger partial charge in [-0.2, -0.15) is 0 Å². The van der Waals surface area contributed by atoms with Gasteiger partial charge in [0.1, 0.15) is 11.9 Å². The maximum Gasteiger partial charge on any atom is 0.164 e. The zero-order chi connectivity index (χ0) is 37.5. The van der Waals surface area contributed by atoms with Crippen molar-refractivity contribution in [1.29, 1.82) is 0 Å². The molecule has 4 heterocycles. The average molecular weight is 749 g/mol. The molecule has 10 aromatic rings. The van der Waals surface area contributed by atoms with E-state index in [1.54, 1.807) is 0 Å². The summed E-state index contributed by atoms with van der Waals surface area (Å²) in [6, 6.07) is 59.6. The molecule has 0 bridgehead atoms. The minimum absolute atomic E-state index is 0.0303. The first-order valence-corrected chi connectivity index (χ1v) is 20.1. The van der Waals surface area contributed by atoms with Crippen molar-refractivity contribution in [3.05, 3.63) is 193 Å². The third-order valence-corrected chi connectivity index (χ3v) is 12.6. The van der Waals surface area contributed by atoms with Crippen LogP contribution in [0.5, 0.6) is 5.75 Å². The SMILES string of the molecule is C1=CC2c3c(cccc3-c3nc(-c4cccc(-c5ccccc5)c4)nc(-c4ccc5sc6ccccc6c5c4)n3)OC2c2c1n(-c1ccccc1)c1ccccc21. The lowest BCUT2D eigenvalue weighted by Gasteiger charge is -2.22. The maximum atomic E-state index is 7.00. The number of fused-ring (bicyclic) bond motifs is 10. The van der Waals surface area contributed by atoms with Crippen molar-refractivity contribution in [2.75, 3.05) is 0 Å². The van der Waals surface area contributed by atoms with E-state index in [0.717, 1.165) is 50.5 Å². The molecule has 0 spiro atoms. The van der Waals surface area contributed by atoms with E-state index in [2.05, 4.69) is 181 Å². The largest absolute Gasteiger partial charge is 0.484 e. The molecule has 57 heavy (non-hydrogen) atoms. The third-order valence-electron chi connectivity index (χ3n) is 11.4. The molecule has 12 rings (SSSR count). The van der Waals surface area contributed by atoms with Crippen molar-refractivity contribution in [2.24, 2.45) is 0 Å². The van der Waals surface area contributed by atoms with E-state index in [0.29, 0.717) is 17.5 Å². The summed E-state index contributed by atoms with van der Waals surface area (Å²) in [6.07, 6.45) is 4.38. The first kappa shape index (κ1) is 32.1. The van der Waals surface area contributed by atoms with E-state index in [9.17, 15) is 0 Å². The number of aromatic nitrogens is 4.